The molecule has 4 N–H and O–H groups in total. The maximum absolute atomic E-state index is 11.5. The molecule has 1 aromatic rings. The van der Waals surface area contributed by atoms with Crippen LogP contribution in [0.1, 0.15) is 32.6 Å². The van der Waals surface area contributed by atoms with Crippen molar-refractivity contribution in [3.63, 3.8) is 0 Å². The second kappa shape index (κ2) is 4.93. The minimum atomic E-state index is -0.537. The molecular formula is C9H17N5O2. The Morgan fingerprint density at radius 3 is 2.81 bits per heavy atom. The predicted molar refractivity (Wildman–Crippen MR) is 57.5 cm³/mol. The van der Waals surface area contributed by atoms with E-state index in [4.69, 9.17) is 10.5 Å². The van der Waals surface area contributed by atoms with E-state index in [-0.39, 0.29) is 6.54 Å². The van der Waals surface area contributed by atoms with Gasteiger partial charge in [-0.3, -0.25) is 5.10 Å². The van der Waals surface area contributed by atoms with Crippen molar-refractivity contribution in [2.24, 2.45) is 5.73 Å². The molecule has 0 saturated carbocycles. The van der Waals surface area contributed by atoms with Gasteiger partial charge in [0, 0.05) is 6.54 Å². The van der Waals surface area contributed by atoms with Crippen molar-refractivity contribution in [1.82, 2.24) is 20.5 Å². The molecule has 0 aromatic carbocycles. The number of alkyl carbamates (subject to hydrolysis) is 1. The number of aromatic amines is 1. The lowest BCUT2D eigenvalue weighted by molar-refractivity contribution is 0.0503. The van der Waals surface area contributed by atoms with E-state index in [1.807, 2.05) is 0 Å². The summed E-state index contributed by atoms with van der Waals surface area (Å²) in [6, 6.07) is -0.419. The lowest BCUT2D eigenvalue weighted by Crippen LogP contribution is -2.38. The molecule has 16 heavy (non-hydrogen) atoms. The Hall–Kier alpha value is -1.63. The standard InChI is InChI=1S/C9H17N5O2/c1-9(2,3)16-8(15)13-6(4-10)7-11-5-12-14-7/h5-6H,4,10H2,1-3H3,(H,13,15)(H,11,12,14). The first-order valence-corrected chi connectivity index (χ1v) is 4.97. The summed E-state index contributed by atoms with van der Waals surface area (Å²) in [5.41, 5.74) is 4.98. The van der Waals surface area contributed by atoms with Gasteiger partial charge in [-0.05, 0) is 20.8 Å². The van der Waals surface area contributed by atoms with E-state index < -0.39 is 17.7 Å². The Morgan fingerprint density at radius 2 is 2.38 bits per heavy atom. The van der Waals surface area contributed by atoms with Gasteiger partial charge in [-0.15, -0.1) is 0 Å². The third-order valence-corrected chi connectivity index (χ3v) is 1.69. The van der Waals surface area contributed by atoms with Crippen LogP contribution in [-0.4, -0.2) is 33.4 Å². The average Bonchev–Trinajstić information content (AvgIpc) is 2.63. The van der Waals surface area contributed by atoms with Crippen LogP contribution in [0.25, 0.3) is 0 Å². The van der Waals surface area contributed by atoms with Crippen molar-refractivity contribution in [2.45, 2.75) is 32.4 Å². The third-order valence-electron chi connectivity index (χ3n) is 1.69. The summed E-state index contributed by atoms with van der Waals surface area (Å²) in [5.74, 6) is 0.508. The number of hydrogen-bond donors (Lipinski definition) is 3. The van der Waals surface area contributed by atoms with Crippen LogP contribution >= 0.6 is 0 Å². The molecule has 1 rings (SSSR count). The number of aromatic nitrogens is 3. The molecule has 0 aliphatic carbocycles. The monoisotopic (exact) mass is 227 g/mol. The number of hydrogen-bond acceptors (Lipinski definition) is 5. The van der Waals surface area contributed by atoms with Crippen molar-refractivity contribution in [3.05, 3.63) is 12.2 Å². The maximum Gasteiger partial charge on any atom is 0.408 e. The van der Waals surface area contributed by atoms with Crippen LogP contribution in [0.4, 0.5) is 4.79 Å². The van der Waals surface area contributed by atoms with Crippen LogP contribution in [0.15, 0.2) is 6.33 Å². The van der Waals surface area contributed by atoms with Gasteiger partial charge in [-0.2, -0.15) is 5.10 Å². The minimum Gasteiger partial charge on any atom is -0.444 e. The molecule has 0 spiro atoms. The Labute approximate surface area is 93.8 Å². The van der Waals surface area contributed by atoms with Crippen LogP contribution < -0.4 is 11.1 Å². The van der Waals surface area contributed by atoms with Gasteiger partial charge < -0.3 is 15.8 Å². The van der Waals surface area contributed by atoms with Crippen molar-refractivity contribution in [1.29, 1.82) is 0 Å². The third kappa shape index (κ3) is 3.85. The average molecular weight is 227 g/mol. The van der Waals surface area contributed by atoms with Crippen molar-refractivity contribution in [2.75, 3.05) is 6.54 Å². The van der Waals surface area contributed by atoms with Crippen LogP contribution in [0.3, 0.4) is 0 Å². The summed E-state index contributed by atoms with van der Waals surface area (Å²) >= 11 is 0. The number of carbonyl (C=O) groups is 1. The maximum atomic E-state index is 11.5. The highest BCUT2D eigenvalue weighted by atomic mass is 16.6. The molecule has 1 unspecified atom stereocenters. The van der Waals surface area contributed by atoms with Crippen molar-refractivity contribution < 1.29 is 9.53 Å². The zero-order valence-electron chi connectivity index (χ0n) is 9.65. The fourth-order valence-electron chi connectivity index (χ4n) is 1.07. The van der Waals surface area contributed by atoms with Crippen LogP contribution in [0, 0.1) is 0 Å². The first-order valence-electron chi connectivity index (χ1n) is 4.97. The number of ether oxygens (including phenoxy) is 1. The molecule has 0 radical (unpaired) electrons. The highest BCUT2D eigenvalue weighted by Gasteiger charge is 2.20. The highest BCUT2D eigenvalue weighted by Crippen LogP contribution is 2.09. The van der Waals surface area contributed by atoms with E-state index in [2.05, 4.69) is 20.5 Å². The first kappa shape index (κ1) is 12.4. The lowest BCUT2D eigenvalue weighted by atomic mass is 10.2. The Morgan fingerprint density at radius 1 is 1.69 bits per heavy atom. The second-order valence-corrected chi connectivity index (χ2v) is 4.31. The summed E-state index contributed by atoms with van der Waals surface area (Å²) in [4.78, 5) is 15.4. The van der Waals surface area contributed by atoms with Crippen molar-refractivity contribution in [3.8, 4) is 0 Å². The molecule has 90 valence electrons. The molecule has 1 heterocycles. The van der Waals surface area contributed by atoms with Gasteiger partial charge in [-0.25, -0.2) is 9.78 Å². The zero-order valence-corrected chi connectivity index (χ0v) is 9.65. The number of amides is 1. The molecule has 0 aliphatic rings. The van der Waals surface area contributed by atoms with Gasteiger partial charge in [0.1, 0.15) is 23.8 Å². The number of nitrogens with two attached hydrogens (primary N) is 1. The van der Waals surface area contributed by atoms with Gasteiger partial charge in [0.25, 0.3) is 0 Å². The topological polar surface area (TPSA) is 106 Å². The van der Waals surface area contributed by atoms with Gasteiger partial charge in [0.15, 0.2) is 0 Å². The van der Waals surface area contributed by atoms with Crippen LogP contribution in [-0.2, 0) is 4.74 Å². The molecule has 7 heteroatoms. The molecule has 1 aromatic heterocycles. The Kier molecular flexibility index (Phi) is 3.83. The molecule has 0 aliphatic heterocycles. The zero-order chi connectivity index (χ0) is 12.2. The summed E-state index contributed by atoms with van der Waals surface area (Å²) < 4.78 is 5.10. The van der Waals surface area contributed by atoms with Gasteiger partial charge in [-0.1, -0.05) is 0 Å². The van der Waals surface area contributed by atoms with E-state index >= 15 is 0 Å². The number of H-pyrrole nitrogens is 1. The van der Waals surface area contributed by atoms with Crippen LogP contribution in [0.5, 0.6) is 0 Å². The molecule has 7 nitrogen and oxygen atoms in total. The molecule has 0 saturated heterocycles. The Balaban J connectivity index is 2.55. The smallest absolute Gasteiger partial charge is 0.408 e. The number of rotatable bonds is 3. The predicted octanol–water partition coefficient (Wildman–Crippen LogP) is 0.329. The summed E-state index contributed by atoms with van der Waals surface area (Å²) in [7, 11) is 0. The van der Waals surface area contributed by atoms with Gasteiger partial charge in [0.2, 0.25) is 0 Å². The molecular weight excluding hydrogens is 210 g/mol. The lowest BCUT2D eigenvalue weighted by Gasteiger charge is -2.22. The van der Waals surface area contributed by atoms with E-state index in [0.717, 1.165) is 0 Å². The number of nitrogens with one attached hydrogen (secondary N) is 2. The van der Waals surface area contributed by atoms with E-state index in [1.165, 1.54) is 6.33 Å². The quantitative estimate of drug-likeness (QED) is 0.690. The van der Waals surface area contributed by atoms with Gasteiger partial charge in [0.05, 0.1) is 0 Å². The number of nitrogens with zero attached hydrogens (tertiary/aromatic N) is 2. The minimum absolute atomic E-state index is 0.217. The van der Waals surface area contributed by atoms with Crippen molar-refractivity contribution >= 4 is 6.09 Å². The normalized spacial score (nSPS) is 13.2. The molecule has 1 amide bonds. The molecule has 0 bridgehead atoms. The summed E-state index contributed by atoms with van der Waals surface area (Å²) in [5, 5.41) is 8.94. The fourth-order valence-corrected chi connectivity index (χ4v) is 1.07. The molecule has 1 atom stereocenters. The summed E-state index contributed by atoms with van der Waals surface area (Å²) in [6.45, 7) is 5.59. The fraction of sp³-hybridized carbons (Fsp3) is 0.667. The Bertz CT molecular complexity index is 330. The van der Waals surface area contributed by atoms with E-state index in [1.54, 1.807) is 20.8 Å². The van der Waals surface area contributed by atoms with Gasteiger partial charge >= 0.3 is 6.09 Å². The highest BCUT2D eigenvalue weighted by molar-refractivity contribution is 5.68. The SMILES string of the molecule is CC(C)(C)OC(=O)NC(CN)c1ncn[nH]1. The largest absolute Gasteiger partial charge is 0.444 e. The van der Waals surface area contributed by atoms with Crippen LogP contribution in [0.2, 0.25) is 0 Å². The van der Waals surface area contributed by atoms with E-state index in [9.17, 15) is 4.79 Å². The summed E-state index contributed by atoms with van der Waals surface area (Å²) in [6.07, 6.45) is 0.828. The second-order valence-electron chi connectivity index (χ2n) is 4.31. The molecule has 0 fully saturated rings. The number of carbonyl (C=O) groups excluding carboxylic acids is 1. The first-order chi connectivity index (χ1) is 7.42. The van der Waals surface area contributed by atoms with E-state index in [0.29, 0.717) is 5.82 Å².